The molecule has 1 aromatic carbocycles. The Bertz CT molecular complexity index is 399. The summed E-state index contributed by atoms with van der Waals surface area (Å²) in [6, 6.07) is 4.02. The Balaban J connectivity index is 3.25. The summed E-state index contributed by atoms with van der Waals surface area (Å²) >= 11 is 0. The maximum absolute atomic E-state index is 6.32. The van der Waals surface area contributed by atoms with E-state index in [2.05, 4.69) is 33.8 Å². The Morgan fingerprint density at radius 2 is 1.76 bits per heavy atom. The molecule has 1 rings (SSSR count). The highest BCUT2D eigenvalue weighted by Crippen LogP contribution is 2.36. The number of methoxy groups -OCH3 is 1. The summed E-state index contributed by atoms with van der Waals surface area (Å²) in [5.74, 6) is 0.849. The van der Waals surface area contributed by atoms with Crippen molar-refractivity contribution in [2.75, 3.05) is 13.7 Å². The van der Waals surface area contributed by atoms with Gasteiger partial charge in [-0.15, -0.1) is 0 Å². The lowest BCUT2D eigenvalue weighted by molar-refractivity contribution is 0.292. The van der Waals surface area contributed by atoms with Gasteiger partial charge in [0.1, 0.15) is 5.75 Å². The largest absolute Gasteiger partial charge is 0.496 e. The second kappa shape index (κ2) is 5.07. The van der Waals surface area contributed by atoms with Gasteiger partial charge in [-0.2, -0.15) is 0 Å². The molecular weight excluding hydrogens is 212 g/mol. The van der Waals surface area contributed by atoms with Crippen LogP contribution in [0.15, 0.2) is 12.1 Å². The first kappa shape index (κ1) is 14.0. The third kappa shape index (κ3) is 2.79. The maximum Gasteiger partial charge on any atom is 0.123 e. The van der Waals surface area contributed by atoms with Crippen LogP contribution < -0.4 is 16.2 Å². The molecule has 0 bridgehead atoms. The monoisotopic (exact) mass is 236 g/mol. The molecule has 0 heterocycles. The fraction of sp³-hybridized carbons (Fsp3) is 0.571. The average Bonchev–Trinajstić information content (AvgIpc) is 2.31. The molecule has 3 heteroatoms. The van der Waals surface area contributed by atoms with Crippen molar-refractivity contribution in [3.8, 4) is 5.75 Å². The fourth-order valence-corrected chi connectivity index (χ4v) is 1.78. The van der Waals surface area contributed by atoms with Gasteiger partial charge in [0.05, 0.1) is 7.11 Å². The molecule has 0 aromatic heterocycles. The van der Waals surface area contributed by atoms with Crippen molar-refractivity contribution in [2.45, 2.75) is 33.7 Å². The van der Waals surface area contributed by atoms with Crippen molar-refractivity contribution < 1.29 is 4.74 Å². The van der Waals surface area contributed by atoms with Gasteiger partial charge in [-0.3, -0.25) is 0 Å². The van der Waals surface area contributed by atoms with E-state index >= 15 is 0 Å². The molecule has 0 fully saturated rings. The van der Waals surface area contributed by atoms with Gasteiger partial charge in [0, 0.05) is 11.6 Å². The Kier molecular flexibility index (Phi) is 4.17. The number of rotatable bonds is 4. The normalized spacial score (nSPS) is 13.6. The van der Waals surface area contributed by atoms with Crippen molar-refractivity contribution >= 4 is 0 Å². The van der Waals surface area contributed by atoms with Gasteiger partial charge in [0.15, 0.2) is 0 Å². The van der Waals surface area contributed by atoms with Gasteiger partial charge >= 0.3 is 0 Å². The highest BCUT2D eigenvalue weighted by molar-refractivity contribution is 5.44. The zero-order valence-corrected chi connectivity index (χ0v) is 11.5. The molecule has 0 aliphatic heterocycles. The molecule has 0 saturated heterocycles. The Labute approximate surface area is 104 Å². The number of ether oxygens (including phenoxy) is 1. The molecule has 4 N–H and O–H groups in total. The Morgan fingerprint density at radius 1 is 1.24 bits per heavy atom. The van der Waals surface area contributed by atoms with E-state index in [0.717, 1.165) is 11.3 Å². The summed E-state index contributed by atoms with van der Waals surface area (Å²) < 4.78 is 5.42. The predicted octanol–water partition coefficient (Wildman–Crippen LogP) is 2.30. The standard InChI is InChI=1S/C14H24N2O/c1-9-6-11(12(17-5)7-10(9)2)13(16)14(3,4)8-15/h6-7,13H,8,15-16H2,1-5H3. The van der Waals surface area contributed by atoms with Crippen LogP contribution in [0.3, 0.4) is 0 Å². The zero-order chi connectivity index (χ0) is 13.2. The molecule has 1 aromatic rings. The molecule has 0 aliphatic rings. The number of aryl methyl sites for hydroxylation is 2. The minimum atomic E-state index is -0.144. The van der Waals surface area contributed by atoms with Gasteiger partial charge in [0.25, 0.3) is 0 Å². The summed E-state index contributed by atoms with van der Waals surface area (Å²) in [7, 11) is 1.68. The maximum atomic E-state index is 6.32. The van der Waals surface area contributed by atoms with Crippen LogP contribution in [-0.4, -0.2) is 13.7 Å². The van der Waals surface area contributed by atoms with E-state index in [1.165, 1.54) is 11.1 Å². The molecule has 3 nitrogen and oxygen atoms in total. The van der Waals surface area contributed by atoms with Crippen molar-refractivity contribution in [2.24, 2.45) is 16.9 Å². The molecule has 17 heavy (non-hydrogen) atoms. The first-order valence-electron chi connectivity index (χ1n) is 5.94. The number of benzene rings is 1. The first-order chi connectivity index (χ1) is 7.83. The number of nitrogens with two attached hydrogens (primary N) is 2. The fourth-order valence-electron chi connectivity index (χ4n) is 1.78. The van der Waals surface area contributed by atoms with Crippen molar-refractivity contribution in [3.05, 3.63) is 28.8 Å². The van der Waals surface area contributed by atoms with Crippen molar-refractivity contribution in [3.63, 3.8) is 0 Å². The molecule has 0 amide bonds. The molecular formula is C14H24N2O. The zero-order valence-electron chi connectivity index (χ0n) is 11.5. The van der Waals surface area contributed by atoms with Crippen LogP contribution in [0.25, 0.3) is 0 Å². The smallest absolute Gasteiger partial charge is 0.123 e. The molecule has 0 spiro atoms. The molecule has 0 radical (unpaired) electrons. The highest BCUT2D eigenvalue weighted by Gasteiger charge is 2.28. The van der Waals surface area contributed by atoms with Crippen LogP contribution >= 0.6 is 0 Å². The second-order valence-electron chi connectivity index (χ2n) is 5.35. The molecule has 1 atom stereocenters. The van der Waals surface area contributed by atoms with Gasteiger partial charge in [-0.25, -0.2) is 0 Å². The number of hydrogen-bond acceptors (Lipinski definition) is 3. The summed E-state index contributed by atoms with van der Waals surface area (Å²) in [6.07, 6.45) is 0. The van der Waals surface area contributed by atoms with Crippen LogP contribution in [0.1, 0.15) is 36.6 Å². The van der Waals surface area contributed by atoms with Crippen LogP contribution in [0.2, 0.25) is 0 Å². The summed E-state index contributed by atoms with van der Waals surface area (Å²) in [4.78, 5) is 0. The van der Waals surface area contributed by atoms with E-state index in [9.17, 15) is 0 Å². The number of hydrogen-bond donors (Lipinski definition) is 2. The van der Waals surface area contributed by atoms with E-state index in [1.807, 2.05) is 6.07 Å². The van der Waals surface area contributed by atoms with Crippen LogP contribution in [-0.2, 0) is 0 Å². The molecule has 0 saturated carbocycles. The average molecular weight is 236 g/mol. The predicted molar refractivity (Wildman–Crippen MR) is 72.2 cm³/mol. The van der Waals surface area contributed by atoms with E-state index in [-0.39, 0.29) is 11.5 Å². The lowest BCUT2D eigenvalue weighted by Crippen LogP contribution is -2.36. The van der Waals surface area contributed by atoms with Gasteiger partial charge in [-0.1, -0.05) is 19.9 Å². The topological polar surface area (TPSA) is 61.3 Å². The Morgan fingerprint density at radius 3 is 2.24 bits per heavy atom. The summed E-state index contributed by atoms with van der Waals surface area (Å²) in [5.41, 5.74) is 15.4. The van der Waals surface area contributed by atoms with E-state index < -0.39 is 0 Å². The van der Waals surface area contributed by atoms with Gasteiger partial charge in [0.2, 0.25) is 0 Å². The molecule has 1 unspecified atom stereocenters. The van der Waals surface area contributed by atoms with E-state index in [0.29, 0.717) is 6.54 Å². The van der Waals surface area contributed by atoms with Gasteiger partial charge in [-0.05, 0) is 43.0 Å². The second-order valence-corrected chi connectivity index (χ2v) is 5.35. The third-order valence-electron chi connectivity index (χ3n) is 3.55. The summed E-state index contributed by atoms with van der Waals surface area (Å²) in [5, 5.41) is 0. The minimum absolute atomic E-state index is 0.123. The Hall–Kier alpha value is -1.06. The highest BCUT2D eigenvalue weighted by atomic mass is 16.5. The summed E-state index contributed by atoms with van der Waals surface area (Å²) in [6.45, 7) is 8.85. The van der Waals surface area contributed by atoms with Crippen LogP contribution in [0.5, 0.6) is 5.75 Å². The van der Waals surface area contributed by atoms with Crippen molar-refractivity contribution in [1.82, 2.24) is 0 Å². The molecule has 96 valence electrons. The lowest BCUT2D eigenvalue weighted by Gasteiger charge is -2.31. The SMILES string of the molecule is COc1cc(C)c(C)cc1C(N)C(C)(C)CN. The third-order valence-corrected chi connectivity index (χ3v) is 3.55. The lowest BCUT2D eigenvalue weighted by atomic mass is 9.80. The van der Waals surface area contributed by atoms with Crippen LogP contribution in [0.4, 0.5) is 0 Å². The van der Waals surface area contributed by atoms with Gasteiger partial charge < -0.3 is 16.2 Å². The van der Waals surface area contributed by atoms with Crippen molar-refractivity contribution in [1.29, 1.82) is 0 Å². The molecule has 0 aliphatic carbocycles. The van der Waals surface area contributed by atoms with E-state index in [1.54, 1.807) is 7.11 Å². The van der Waals surface area contributed by atoms with E-state index in [4.69, 9.17) is 16.2 Å². The first-order valence-corrected chi connectivity index (χ1v) is 5.94. The minimum Gasteiger partial charge on any atom is -0.496 e. The van der Waals surface area contributed by atoms with Crippen LogP contribution in [0, 0.1) is 19.3 Å². The quantitative estimate of drug-likeness (QED) is 0.843.